The van der Waals surface area contributed by atoms with E-state index in [1.807, 2.05) is 24.5 Å². The Labute approximate surface area is 371 Å². The van der Waals surface area contributed by atoms with Crippen molar-refractivity contribution in [3.8, 4) is 44.5 Å². The molecule has 2 N–H and O–H groups in total. The molecule has 4 aromatic carbocycles. The monoisotopic (exact) mass is 822 g/mol. The van der Waals surface area contributed by atoms with E-state index < -0.39 is 0 Å². The molecule has 8 bridgehead atoms. The highest BCUT2D eigenvalue weighted by Crippen LogP contribution is 2.39. The first-order valence-corrected chi connectivity index (χ1v) is 21.5. The van der Waals surface area contributed by atoms with Crippen LogP contribution in [0.4, 0.5) is 0 Å². The minimum atomic E-state index is 0.866. The minimum Gasteiger partial charge on any atom is -0.354 e. The van der Waals surface area contributed by atoms with Gasteiger partial charge in [0.05, 0.1) is 28.3 Å². The molecule has 9 aromatic rings. The van der Waals surface area contributed by atoms with Crippen LogP contribution in [0, 0.1) is 0 Å². The van der Waals surface area contributed by atoms with Crippen molar-refractivity contribution in [1.29, 1.82) is 0 Å². The number of fused-ring (bicyclic) bond motifs is 8. The summed E-state index contributed by atoms with van der Waals surface area (Å²) in [5, 5.41) is 0. The maximum absolute atomic E-state index is 5.53. The third-order valence-electron chi connectivity index (χ3n) is 11.9. The molecular weight excluding hydrogens is 781 g/mol. The van der Waals surface area contributed by atoms with Gasteiger partial charge >= 0.3 is 0 Å². The van der Waals surface area contributed by atoms with Crippen LogP contribution < -0.4 is 0 Å². The zero-order valence-electron chi connectivity index (χ0n) is 35.2. The lowest BCUT2D eigenvalue weighted by molar-refractivity contribution is 0.903. The van der Waals surface area contributed by atoms with E-state index in [0.29, 0.717) is 0 Å². The predicted octanol–water partition coefficient (Wildman–Crippen LogP) is 14.4. The zero-order valence-corrected chi connectivity index (χ0v) is 35.2. The zero-order chi connectivity index (χ0) is 42.8. The molecule has 7 heterocycles. The second-order valence-corrected chi connectivity index (χ2v) is 15.9. The number of H-pyrrole nitrogens is 2. The summed E-state index contributed by atoms with van der Waals surface area (Å²) >= 11 is 0. The number of pyridine rings is 1. The van der Waals surface area contributed by atoms with Gasteiger partial charge < -0.3 is 14.5 Å². The molecule has 11 rings (SSSR count). The molecule has 0 saturated heterocycles. The Morgan fingerprint density at radius 2 is 0.828 bits per heavy atom. The highest BCUT2D eigenvalue weighted by Gasteiger charge is 2.20. The molecule has 0 spiro atoms. The molecule has 0 unspecified atom stereocenters. The largest absolute Gasteiger partial charge is 0.354 e. The van der Waals surface area contributed by atoms with Crippen molar-refractivity contribution in [3.05, 3.63) is 221 Å². The predicted molar refractivity (Wildman–Crippen MR) is 268 cm³/mol. The summed E-state index contributed by atoms with van der Waals surface area (Å²) in [6.45, 7) is 0. The Kier molecular flexibility index (Phi) is 9.99. The van der Waals surface area contributed by atoms with Gasteiger partial charge in [-0.1, -0.05) is 133 Å². The van der Waals surface area contributed by atoms with Crippen LogP contribution in [0.25, 0.3) is 115 Å². The van der Waals surface area contributed by atoms with Gasteiger partial charge in [0, 0.05) is 75.2 Å². The van der Waals surface area contributed by atoms with E-state index in [-0.39, 0.29) is 0 Å². The quantitative estimate of drug-likeness (QED) is 0.160. The lowest BCUT2D eigenvalue weighted by atomic mass is 10.0. The van der Waals surface area contributed by atoms with Gasteiger partial charge in [-0.15, -0.1) is 0 Å². The maximum atomic E-state index is 5.53. The SMILES string of the molecule is Cn1c(/C=C\c2cc3[nH]c2c(-c2ccccc2)c2nc(c(-c4ccccc4)c4ccc([nH]4)c(-c4ccccc4)c4nc(c3-c3ccccc3)C=C4)C=C2)ccc1/C=C/c1ccncc1. The first-order chi connectivity index (χ1) is 31.6. The molecule has 6 heteroatoms. The van der Waals surface area contributed by atoms with Gasteiger partial charge in [0.15, 0.2) is 0 Å². The van der Waals surface area contributed by atoms with Crippen LogP contribution in [-0.4, -0.2) is 29.5 Å². The molecule has 64 heavy (non-hydrogen) atoms. The molecule has 0 aliphatic carbocycles. The van der Waals surface area contributed by atoms with Gasteiger partial charge in [0.25, 0.3) is 0 Å². The van der Waals surface area contributed by atoms with Crippen LogP contribution >= 0.6 is 0 Å². The molecular formula is C58H42N6. The van der Waals surface area contributed by atoms with Gasteiger partial charge in [-0.3, -0.25) is 4.98 Å². The number of nitrogens with zero attached hydrogens (tertiary/aromatic N) is 4. The van der Waals surface area contributed by atoms with Gasteiger partial charge in [-0.25, -0.2) is 9.97 Å². The second-order valence-electron chi connectivity index (χ2n) is 15.9. The Bertz CT molecular complexity index is 3460. The number of rotatable bonds is 8. The van der Waals surface area contributed by atoms with E-state index in [9.17, 15) is 0 Å². The summed E-state index contributed by atoms with van der Waals surface area (Å²) in [7, 11) is 2.10. The van der Waals surface area contributed by atoms with Crippen LogP contribution in [0.1, 0.15) is 45.3 Å². The summed E-state index contributed by atoms with van der Waals surface area (Å²) in [5.41, 5.74) is 20.0. The van der Waals surface area contributed by atoms with Crippen molar-refractivity contribution >= 4 is 70.7 Å². The van der Waals surface area contributed by atoms with Crippen LogP contribution in [0.2, 0.25) is 0 Å². The maximum Gasteiger partial charge on any atom is 0.0737 e. The van der Waals surface area contributed by atoms with E-state index >= 15 is 0 Å². The molecule has 0 atom stereocenters. The lowest BCUT2D eigenvalue weighted by Crippen LogP contribution is -1.93. The van der Waals surface area contributed by atoms with Crippen molar-refractivity contribution < 1.29 is 0 Å². The number of aromatic nitrogens is 6. The summed E-state index contributed by atoms with van der Waals surface area (Å²) in [5.74, 6) is 0. The molecule has 6 nitrogen and oxygen atoms in total. The van der Waals surface area contributed by atoms with Crippen molar-refractivity contribution in [2.75, 3.05) is 0 Å². The molecule has 0 fully saturated rings. The fourth-order valence-corrected chi connectivity index (χ4v) is 8.78. The van der Waals surface area contributed by atoms with E-state index in [4.69, 9.17) is 9.97 Å². The van der Waals surface area contributed by atoms with Crippen LogP contribution in [0.3, 0.4) is 0 Å². The fourth-order valence-electron chi connectivity index (χ4n) is 8.78. The highest BCUT2D eigenvalue weighted by molar-refractivity contribution is 6.02. The second kappa shape index (κ2) is 16.7. The number of hydrogen-bond acceptors (Lipinski definition) is 3. The van der Waals surface area contributed by atoms with Gasteiger partial charge in [0.2, 0.25) is 0 Å². The van der Waals surface area contributed by atoms with Gasteiger partial charge in [0.1, 0.15) is 0 Å². The van der Waals surface area contributed by atoms with Crippen LogP contribution in [0.5, 0.6) is 0 Å². The average Bonchev–Trinajstić information content (AvgIpc) is 4.22. The van der Waals surface area contributed by atoms with E-state index in [1.165, 1.54) is 0 Å². The fraction of sp³-hybridized carbons (Fsp3) is 0.0172. The third-order valence-corrected chi connectivity index (χ3v) is 11.9. The minimum absolute atomic E-state index is 0.866. The number of hydrogen-bond donors (Lipinski definition) is 2. The van der Waals surface area contributed by atoms with E-state index in [1.54, 1.807) is 0 Å². The Morgan fingerprint density at radius 1 is 0.406 bits per heavy atom. The van der Waals surface area contributed by atoms with Crippen molar-refractivity contribution in [2.45, 2.75) is 0 Å². The van der Waals surface area contributed by atoms with Crippen molar-refractivity contribution in [2.24, 2.45) is 7.05 Å². The topological polar surface area (TPSA) is 75.2 Å². The van der Waals surface area contributed by atoms with Gasteiger partial charge in [-0.2, -0.15) is 0 Å². The molecule has 0 amide bonds. The Balaban J connectivity index is 1.25. The summed E-state index contributed by atoms with van der Waals surface area (Å²) < 4.78 is 2.21. The molecule has 2 aliphatic heterocycles. The van der Waals surface area contributed by atoms with Crippen LogP contribution in [0.15, 0.2) is 176 Å². The normalized spacial score (nSPS) is 12.2. The van der Waals surface area contributed by atoms with Gasteiger partial charge in [-0.05, 0) is 107 Å². The van der Waals surface area contributed by atoms with Crippen molar-refractivity contribution in [1.82, 2.24) is 29.5 Å². The van der Waals surface area contributed by atoms with Crippen LogP contribution in [-0.2, 0) is 7.05 Å². The first-order valence-electron chi connectivity index (χ1n) is 21.5. The summed E-state index contributed by atoms with van der Waals surface area (Å²) in [4.78, 5) is 23.0. The number of nitrogens with one attached hydrogen (secondary N) is 2. The molecule has 5 aromatic heterocycles. The standard InChI is InChI=1S/C58H42N6/c1-64-45(24-22-39-34-36-59-37-35-39)26-27-46(64)25-23-44-38-53-56(42-18-10-4-11-19-42)51-31-30-49(61-51)54(40-14-6-2-7-15-40)47-28-29-48(60-47)55(41-16-8-3-9-17-41)50-32-33-52(62-50)57(58(44)63-53)43-20-12-5-13-21-43/h2-38,60,63H,1H3/b24-22+,25-23-,54-47?,54-49?,55-48?,55-50?,56-51?,56-53?,57-52?,58-57?. The third kappa shape index (κ3) is 7.33. The van der Waals surface area contributed by atoms with E-state index in [2.05, 4.69) is 227 Å². The van der Waals surface area contributed by atoms with E-state index in [0.717, 1.165) is 112 Å². The Hall–Kier alpha value is -8.61. The first kappa shape index (κ1) is 38.3. The number of aromatic amines is 2. The smallest absolute Gasteiger partial charge is 0.0737 e. The average molecular weight is 823 g/mol. The molecule has 0 saturated carbocycles. The van der Waals surface area contributed by atoms with Crippen molar-refractivity contribution in [3.63, 3.8) is 0 Å². The number of benzene rings is 4. The molecule has 304 valence electrons. The lowest BCUT2D eigenvalue weighted by Gasteiger charge is -2.07. The molecule has 0 radical (unpaired) electrons. The molecule has 2 aliphatic rings. The Morgan fingerprint density at radius 3 is 1.31 bits per heavy atom. The summed E-state index contributed by atoms with van der Waals surface area (Å²) in [6.07, 6.45) is 20.9. The highest BCUT2D eigenvalue weighted by atomic mass is 14.9. The summed E-state index contributed by atoms with van der Waals surface area (Å²) in [6, 6.07) is 57.1.